The van der Waals surface area contributed by atoms with Gasteiger partial charge < -0.3 is 10.2 Å². The van der Waals surface area contributed by atoms with Gasteiger partial charge in [-0.15, -0.1) is 0 Å². The monoisotopic (exact) mass is 252 g/mol. The van der Waals surface area contributed by atoms with Crippen molar-refractivity contribution in [2.24, 2.45) is 11.8 Å². The fourth-order valence-corrected chi connectivity index (χ4v) is 3.81. The Hall–Kier alpha value is -0.0800. The number of nitrogens with zero attached hydrogens (tertiary/aromatic N) is 1. The van der Waals surface area contributed by atoms with Crippen LogP contribution >= 0.6 is 0 Å². The second kappa shape index (κ2) is 6.91. The van der Waals surface area contributed by atoms with Crippen LogP contribution < -0.4 is 5.32 Å². The van der Waals surface area contributed by atoms with Crippen molar-refractivity contribution in [1.29, 1.82) is 0 Å². The lowest BCUT2D eigenvalue weighted by atomic mass is 9.76. The molecule has 106 valence electrons. The molecule has 0 bridgehead atoms. The van der Waals surface area contributed by atoms with Crippen LogP contribution in [-0.4, -0.2) is 37.1 Å². The third-order valence-electron chi connectivity index (χ3n) is 5.36. The van der Waals surface area contributed by atoms with Gasteiger partial charge in [0.2, 0.25) is 0 Å². The maximum atomic E-state index is 3.73. The molecule has 2 nitrogen and oxygen atoms in total. The molecular weight excluding hydrogens is 220 g/mol. The van der Waals surface area contributed by atoms with Gasteiger partial charge >= 0.3 is 0 Å². The molecule has 0 spiro atoms. The van der Waals surface area contributed by atoms with E-state index < -0.39 is 0 Å². The van der Waals surface area contributed by atoms with Crippen LogP contribution in [0.3, 0.4) is 0 Å². The first kappa shape index (κ1) is 14.3. The normalized spacial score (nSPS) is 33.7. The smallest absolute Gasteiger partial charge is 0.0108 e. The van der Waals surface area contributed by atoms with Gasteiger partial charge in [0, 0.05) is 18.6 Å². The van der Waals surface area contributed by atoms with Gasteiger partial charge in [0.25, 0.3) is 0 Å². The topological polar surface area (TPSA) is 15.3 Å². The maximum absolute atomic E-state index is 3.73. The summed E-state index contributed by atoms with van der Waals surface area (Å²) < 4.78 is 0. The first-order valence-corrected chi connectivity index (χ1v) is 8.18. The minimum atomic E-state index is 0.778. The van der Waals surface area contributed by atoms with Crippen LogP contribution in [0.15, 0.2) is 0 Å². The van der Waals surface area contributed by atoms with Crippen molar-refractivity contribution in [1.82, 2.24) is 10.2 Å². The van der Waals surface area contributed by atoms with Gasteiger partial charge in [0.1, 0.15) is 0 Å². The average Bonchev–Trinajstić information content (AvgIpc) is 2.29. The zero-order chi connectivity index (χ0) is 13.0. The molecule has 2 rings (SSSR count). The van der Waals surface area contributed by atoms with Crippen molar-refractivity contribution in [3.8, 4) is 0 Å². The Bertz CT molecular complexity index is 237. The number of hydrogen-bond acceptors (Lipinski definition) is 2. The Morgan fingerprint density at radius 3 is 2.44 bits per heavy atom. The summed E-state index contributed by atoms with van der Waals surface area (Å²) in [5.74, 6) is 1.87. The molecule has 3 unspecified atom stereocenters. The van der Waals surface area contributed by atoms with E-state index in [0.717, 1.165) is 30.5 Å². The van der Waals surface area contributed by atoms with Gasteiger partial charge in [-0.2, -0.15) is 0 Å². The van der Waals surface area contributed by atoms with Crippen LogP contribution in [0.25, 0.3) is 0 Å². The summed E-state index contributed by atoms with van der Waals surface area (Å²) in [6.07, 6.45) is 9.99. The molecular formula is C16H32N2. The van der Waals surface area contributed by atoms with Crippen molar-refractivity contribution in [2.45, 2.75) is 70.9 Å². The Kier molecular flexibility index (Phi) is 5.50. The lowest BCUT2D eigenvalue weighted by molar-refractivity contribution is 0.0967. The second-order valence-electron chi connectivity index (χ2n) is 6.54. The van der Waals surface area contributed by atoms with Gasteiger partial charge in [-0.05, 0) is 57.5 Å². The third kappa shape index (κ3) is 3.48. The van der Waals surface area contributed by atoms with Crippen molar-refractivity contribution in [2.75, 3.05) is 20.1 Å². The van der Waals surface area contributed by atoms with Crippen LogP contribution in [0.5, 0.6) is 0 Å². The summed E-state index contributed by atoms with van der Waals surface area (Å²) in [5.41, 5.74) is 0. The van der Waals surface area contributed by atoms with Crippen LogP contribution in [0.2, 0.25) is 0 Å². The third-order valence-corrected chi connectivity index (χ3v) is 5.36. The highest BCUT2D eigenvalue weighted by Gasteiger charge is 2.32. The predicted octanol–water partition coefficient (Wildman–Crippen LogP) is 3.28. The fraction of sp³-hybridized carbons (Fsp3) is 1.00. The number of rotatable bonds is 6. The molecule has 0 aliphatic heterocycles. The largest absolute Gasteiger partial charge is 0.314 e. The summed E-state index contributed by atoms with van der Waals surface area (Å²) in [6.45, 7) is 7.06. The van der Waals surface area contributed by atoms with Gasteiger partial charge in [0.05, 0.1) is 0 Å². The van der Waals surface area contributed by atoms with E-state index in [1.165, 1.54) is 51.5 Å². The van der Waals surface area contributed by atoms with Crippen molar-refractivity contribution in [3.63, 3.8) is 0 Å². The van der Waals surface area contributed by atoms with E-state index in [0.29, 0.717) is 0 Å². The SMILES string of the molecule is CCNC1CCC(CC)CC1CN(C)C1CCC1. The standard InChI is InChI=1S/C16H32N2/c1-4-13-9-10-16(17-5-2)14(11-13)12-18(3)15-7-6-8-15/h13-17H,4-12H2,1-3H3. The number of hydrogen-bond donors (Lipinski definition) is 1. The first-order chi connectivity index (χ1) is 8.74. The number of nitrogens with one attached hydrogen (secondary N) is 1. The Balaban J connectivity index is 1.86. The van der Waals surface area contributed by atoms with Crippen LogP contribution in [0.4, 0.5) is 0 Å². The van der Waals surface area contributed by atoms with E-state index in [-0.39, 0.29) is 0 Å². The molecule has 0 aromatic rings. The quantitative estimate of drug-likeness (QED) is 0.780. The molecule has 0 heterocycles. The van der Waals surface area contributed by atoms with E-state index in [1.807, 2.05) is 0 Å². The molecule has 3 atom stereocenters. The molecule has 0 aromatic carbocycles. The Morgan fingerprint density at radius 1 is 1.11 bits per heavy atom. The molecule has 2 aliphatic carbocycles. The Labute approximate surface area is 114 Å². The zero-order valence-electron chi connectivity index (χ0n) is 12.6. The first-order valence-electron chi connectivity index (χ1n) is 8.18. The molecule has 0 amide bonds. The summed E-state index contributed by atoms with van der Waals surface area (Å²) in [7, 11) is 2.35. The van der Waals surface area contributed by atoms with Gasteiger partial charge in [-0.3, -0.25) is 0 Å². The molecule has 2 fully saturated rings. The molecule has 18 heavy (non-hydrogen) atoms. The predicted molar refractivity (Wildman–Crippen MR) is 78.9 cm³/mol. The van der Waals surface area contributed by atoms with E-state index in [9.17, 15) is 0 Å². The second-order valence-corrected chi connectivity index (χ2v) is 6.54. The highest BCUT2D eigenvalue weighted by atomic mass is 15.1. The summed E-state index contributed by atoms with van der Waals surface area (Å²) in [4.78, 5) is 2.65. The zero-order valence-corrected chi connectivity index (χ0v) is 12.6. The molecule has 0 saturated heterocycles. The van der Waals surface area contributed by atoms with Gasteiger partial charge in [0.15, 0.2) is 0 Å². The van der Waals surface area contributed by atoms with Gasteiger partial charge in [-0.25, -0.2) is 0 Å². The molecule has 0 aromatic heterocycles. The minimum Gasteiger partial charge on any atom is -0.314 e. The average molecular weight is 252 g/mol. The van der Waals surface area contributed by atoms with Crippen molar-refractivity contribution >= 4 is 0 Å². The van der Waals surface area contributed by atoms with Crippen molar-refractivity contribution in [3.05, 3.63) is 0 Å². The lowest BCUT2D eigenvalue weighted by Crippen LogP contribution is -2.48. The van der Waals surface area contributed by atoms with E-state index >= 15 is 0 Å². The molecule has 2 aliphatic rings. The Morgan fingerprint density at radius 2 is 1.89 bits per heavy atom. The van der Waals surface area contributed by atoms with Gasteiger partial charge in [-0.1, -0.05) is 26.7 Å². The molecule has 2 heteroatoms. The van der Waals surface area contributed by atoms with Crippen LogP contribution in [0, 0.1) is 11.8 Å². The summed E-state index contributed by atoms with van der Waals surface area (Å²) in [5, 5.41) is 3.73. The fourth-order valence-electron chi connectivity index (χ4n) is 3.81. The van der Waals surface area contributed by atoms with Crippen LogP contribution in [0.1, 0.15) is 58.8 Å². The summed E-state index contributed by atoms with van der Waals surface area (Å²) >= 11 is 0. The van der Waals surface area contributed by atoms with E-state index in [4.69, 9.17) is 0 Å². The lowest BCUT2D eigenvalue weighted by Gasteiger charge is -2.42. The highest BCUT2D eigenvalue weighted by Crippen LogP contribution is 2.33. The van der Waals surface area contributed by atoms with Crippen molar-refractivity contribution < 1.29 is 0 Å². The summed E-state index contributed by atoms with van der Waals surface area (Å²) in [6, 6.07) is 1.68. The van der Waals surface area contributed by atoms with E-state index in [2.05, 4.69) is 31.1 Å². The van der Waals surface area contributed by atoms with Crippen LogP contribution in [-0.2, 0) is 0 Å². The molecule has 2 saturated carbocycles. The minimum absolute atomic E-state index is 0.778. The molecule has 1 N–H and O–H groups in total. The molecule has 0 radical (unpaired) electrons. The van der Waals surface area contributed by atoms with E-state index in [1.54, 1.807) is 0 Å². The highest BCUT2D eigenvalue weighted by molar-refractivity contribution is 4.88. The maximum Gasteiger partial charge on any atom is 0.0108 e.